The molecule has 1 heterocycles. The Morgan fingerprint density at radius 1 is 0.357 bits per heavy atom. The molecule has 2 nitrogen and oxygen atoms in total. The molecule has 8 rings (SSSR count). The maximum Gasteiger partial charge on any atom is 0.135 e. The van der Waals surface area contributed by atoms with Gasteiger partial charge in [0, 0.05) is 27.3 Å². The molecule has 42 heavy (non-hydrogen) atoms. The van der Waals surface area contributed by atoms with Gasteiger partial charge >= 0.3 is 0 Å². The summed E-state index contributed by atoms with van der Waals surface area (Å²) in [4.78, 5) is 2.43. The molecule has 2 heteroatoms. The molecule has 198 valence electrons. The number of hydrogen-bond donors (Lipinski definition) is 0. The summed E-state index contributed by atoms with van der Waals surface area (Å²) in [6.07, 6.45) is 0. The molecule has 0 atom stereocenters. The molecule has 0 bridgehead atoms. The summed E-state index contributed by atoms with van der Waals surface area (Å²) in [5.74, 6) is 0. The Morgan fingerprint density at radius 2 is 0.929 bits per heavy atom. The summed E-state index contributed by atoms with van der Waals surface area (Å²) < 4.78 is 6.16. The zero-order valence-corrected chi connectivity index (χ0v) is 22.9. The van der Waals surface area contributed by atoms with Gasteiger partial charge in [-0.15, -0.1) is 0 Å². The highest BCUT2D eigenvalue weighted by molar-refractivity contribution is 6.08. The molecule has 0 saturated carbocycles. The van der Waals surface area contributed by atoms with Crippen molar-refractivity contribution in [3.8, 4) is 22.3 Å². The van der Waals surface area contributed by atoms with Gasteiger partial charge in [-0.05, 0) is 52.9 Å². The molecular weight excluding hydrogens is 510 g/mol. The topological polar surface area (TPSA) is 16.4 Å². The average molecular weight is 538 g/mol. The van der Waals surface area contributed by atoms with Crippen molar-refractivity contribution in [3.63, 3.8) is 0 Å². The maximum absolute atomic E-state index is 6.16. The number of furan rings is 1. The van der Waals surface area contributed by atoms with Crippen LogP contribution in [-0.2, 0) is 0 Å². The molecule has 7 aromatic carbocycles. The van der Waals surface area contributed by atoms with E-state index in [4.69, 9.17) is 4.42 Å². The van der Waals surface area contributed by atoms with Crippen molar-refractivity contribution in [1.29, 1.82) is 0 Å². The SMILES string of the molecule is c1ccc(-c2ccccc2N(c2ccccc2-c2ccc3oc4ccccc4c3c2)c2cccc3ccccc23)cc1. The Balaban J connectivity index is 1.41. The minimum atomic E-state index is 0.901. The van der Waals surface area contributed by atoms with Gasteiger partial charge in [-0.1, -0.05) is 127 Å². The average Bonchev–Trinajstić information content (AvgIpc) is 3.44. The van der Waals surface area contributed by atoms with Gasteiger partial charge in [0.15, 0.2) is 0 Å². The lowest BCUT2D eigenvalue weighted by Gasteiger charge is -2.31. The Bertz CT molecular complexity index is 2200. The molecule has 0 amide bonds. The number of hydrogen-bond acceptors (Lipinski definition) is 2. The van der Waals surface area contributed by atoms with Crippen molar-refractivity contribution in [3.05, 3.63) is 164 Å². The molecule has 0 fully saturated rings. The summed E-state index contributed by atoms with van der Waals surface area (Å²) >= 11 is 0. The first kappa shape index (κ1) is 24.2. The van der Waals surface area contributed by atoms with Crippen molar-refractivity contribution >= 4 is 49.8 Å². The fourth-order valence-corrected chi connectivity index (χ4v) is 6.13. The van der Waals surface area contributed by atoms with Gasteiger partial charge in [0.2, 0.25) is 0 Å². The zero-order chi connectivity index (χ0) is 27.9. The van der Waals surface area contributed by atoms with Crippen molar-refractivity contribution in [1.82, 2.24) is 0 Å². The first-order valence-corrected chi connectivity index (χ1v) is 14.3. The first-order valence-electron chi connectivity index (χ1n) is 14.3. The second-order valence-electron chi connectivity index (χ2n) is 10.5. The van der Waals surface area contributed by atoms with E-state index in [0.717, 1.165) is 50.1 Å². The van der Waals surface area contributed by atoms with E-state index >= 15 is 0 Å². The Hall–Kier alpha value is -5.60. The van der Waals surface area contributed by atoms with Crippen LogP contribution in [0.4, 0.5) is 17.1 Å². The smallest absolute Gasteiger partial charge is 0.135 e. The number of benzene rings is 7. The van der Waals surface area contributed by atoms with Crippen molar-refractivity contribution in [2.75, 3.05) is 4.90 Å². The lowest BCUT2D eigenvalue weighted by molar-refractivity contribution is 0.669. The first-order chi connectivity index (χ1) is 20.8. The normalized spacial score (nSPS) is 11.3. The molecular formula is C40H27NO. The van der Waals surface area contributed by atoms with Crippen LogP contribution in [0.5, 0.6) is 0 Å². The number of nitrogens with zero attached hydrogens (tertiary/aromatic N) is 1. The van der Waals surface area contributed by atoms with E-state index in [-0.39, 0.29) is 0 Å². The number of anilines is 3. The fraction of sp³-hybridized carbons (Fsp3) is 0. The van der Waals surface area contributed by atoms with Crippen molar-refractivity contribution < 1.29 is 4.42 Å². The van der Waals surface area contributed by atoms with Gasteiger partial charge in [-0.2, -0.15) is 0 Å². The highest BCUT2D eigenvalue weighted by atomic mass is 16.3. The van der Waals surface area contributed by atoms with Gasteiger partial charge in [-0.3, -0.25) is 0 Å². The van der Waals surface area contributed by atoms with E-state index in [1.807, 2.05) is 12.1 Å². The monoisotopic (exact) mass is 537 g/mol. The third kappa shape index (κ3) is 4.05. The molecule has 0 unspecified atom stereocenters. The number of rotatable bonds is 5. The minimum absolute atomic E-state index is 0.901. The van der Waals surface area contributed by atoms with Crippen LogP contribution in [0.25, 0.3) is 55.0 Å². The van der Waals surface area contributed by atoms with Crippen molar-refractivity contribution in [2.45, 2.75) is 0 Å². The third-order valence-corrected chi connectivity index (χ3v) is 8.07. The maximum atomic E-state index is 6.16. The van der Waals surface area contributed by atoms with Gasteiger partial charge in [-0.25, -0.2) is 0 Å². The lowest BCUT2D eigenvalue weighted by atomic mass is 9.97. The lowest BCUT2D eigenvalue weighted by Crippen LogP contribution is -2.13. The minimum Gasteiger partial charge on any atom is -0.456 e. The molecule has 0 saturated heterocycles. The fourth-order valence-electron chi connectivity index (χ4n) is 6.13. The summed E-state index contributed by atoms with van der Waals surface area (Å²) in [5, 5.41) is 4.67. The van der Waals surface area contributed by atoms with Crippen LogP contribution < -0.4 is 4.90 Å². The van der Waals surface area contributed by atoms with E-state index < -0.39 is 0 Å². The van der Waals surface area contributed by atoms with E-state index in [0.29, 0.717) is 0 Å². The Labute approximate surface area is 244 Å². The van der Waals surface area contributed by atoms with Gasteiger partial charge < -0.3 is 9.32 Å². The molecule has 8 aromatic rings. The van der Waals surface area contributed by atoms with E-state index in [2.05, 4.69) is 157 Å². The molecule has 0 N–H and O–H groups in total. The van der Waals surface area contributed by atoms with Crippen LogP contribution in [0.3, 0.4) is 0 Å². The van der Waals surface area contributed by atoms with Crippen LogP contribution in [0, 0.1) is 0 Å². The zero-order valence-electron chi connectivity index (χ0n) is 22.9. The quantitative estimate of drug-likeness (QED) is 0.217. The summed E-state index contributed by atoms with van der Waals surface area (Å²) in [7, 11) is 0. The molecule has 0 aliphatic carbocycles. The van der Waals surface area contributed by atoms with Crippen LogP contribution in [0.2, 0.25) is 0 Å². The van der Waals surface area contributed by atoms with Gasteiger partial charge in [0.1, 0.15) is 11.2 Å². The standard InChI is InChI=1S/C40H27NO/c1-2-13-28(14-3-1)31-18-6-9-21-36(31)41(38-23-12-16-29-15-4-5-17-32(29)38)37-22-10-7-19-33(37)30-25-26-40-35(27-30)34-20-8-11-24-39(34)42-40/h1-27H. The summed E-state index contributed by atoms with van der Waals surface area (Å²) in [6, 6.07) is 58.1. The number of fused-ring (bicyclic) bond motifs is 4. The van der Waals surface area contributed by atoms with Crippen LogP contribution in [0.1, 0.15) is 0 Å². The van der Waals surface area contributed by atoms with E-state index in [9.17, 15) is 0 Å². The molecule has 0 aliphatic heterocycles. The largest absolute Gasteiger partial charge is 0.456 e. The third-order valence-electron chi connectivity index (χ3n) is 8.07. The van der Waals surface area contributed by atoms with E-state index in [1.165, 1.54) is 21.9 Å². The second kappa shape index (κ2) is 10.1. The molecule has 0 radical (unpaired) electrons. The molecule has 1 aromatic heterocycles. The van der Waals surface area contributed by atoms with Gasteiger partial charge in [0.25, 0.3) is 0 Å². The van der Waals surface area contributed by atoms with Crippen molar-refractivity contribution in [2.24, 2.45) is 0 Å². The molecule has 0 spiro atoms. The highest BCUT2D eigenvalue weighted by Crippen LogP contribution is 2.47. The summed E-state index contributed by atoms with van der Waals surface area (Å²) in [5.41, 5.74) is 9.85. The molecule has 0 aliphatic rings. The van der Waals surface area contributed by atoms with Crippen LogP contribution >= 0.6 is 0 Å². The highest BCUT2D eigenvalue weighted by Gasteiger charge is 2.22. The predicted octanol–water partition coefficient (Wildman–Crippen LogP) is 11.5. The van der Waals surface area contributed by atoms with E-state index in [1.54, 1.807) is 0 Å². The second-order valence-corrected chi connectivity index (χ2v) is 10.5. The predicted molar refractivity (Wildman–Crippen MR) is 177 cm³/mol. The Morgan fingerprint density at radius 3 is 1.74 bits per heavy atom. The summed E-state index contributed by atoms with van der Waals surface area (Å²) in [6.45, 7) is 0. The van der Waals surface area contributed by atoms with Crippen LogP contribution in [-0.4, -0.2) is 0 Å². The number of para-hydroxylation sites is 3. The van der Waals surface area contributed by atoms with Gasteiger partial charge in [0.05, 0.1) is 17.1 Å². The Kier molecular flexibility index (Phi) is 5.82. The van der Waals surface area contributed by atoms with Crippen LogP contribution in [0.15, 0.2) is 168 Å².